The standard InChI is InChI=1S/C19H26FN5O14P2S/c1-2-19(20)14(31)8(36-18(19)25-6-24-9-15(21)22-5-23-16(9)25)4-35-41(34,42)39-40(32,33)38-17-12(30)10(28)11(29)13(37-17)7(27)3-26/h1,5-8,10-14,17-18,26-31H,3-4H2,(H,32,33)(H,34,42)(H2,21,22,23)/t7-,8+,10?,11?,12?,13?,14+,17?,18+,19+,41?/m0/s1. The number of terminal acetylenes is 1. The summed E-state index contributed by atoms with van der Waals surface area (Å²) < 4.78 is 66.4. The van der Waals surface area contributed by atoms with Gasteiger partial charge in [-0.15, -0.1) is 6.42 Å². The molecular formula is C19H26FN5O14P2S. The Hall–Kier alpha value is -1.83. The van der Waals surface area contributed by atoms with Crippen molar-refractivity contribution in [2.24, 2.45) is 0 Å². The smallest absolute Gasteiger partial charge is 0.394 e. The van der Waals surface area contributed by atoms with Crippen LogP contribution in [-0.4, -0.2) is 123 Å². The molecule has 2 aromatic heterocycles. The molecule has 7 unspecified atom stereocenters. The van der Waals surface area contributed by atoms with E-state index in [1.165, 1.54) is 0 Å². The number of hydrogen-bond acceptors (Lipinski definition) is 17. The summed E-state index contributed by atoms with van der Waals surface area (Å²) in [4.78, 5) is 21.8. The lowest BCUT2D eigenvalue weighted by atomic mass is 9.96. The maximum atomic E-state index is 15.8. The summed E-state index contributed by atoms with van der Waals surface area (Å²) in [5.74, 6) is 1.75. The Kier molecular flexibility index (Phi) is 9.67. The van der Waals surface area contributed by atoms with Crippen molar-refractivity contribution in [3.63, 3.8) is 0 Å². The van der Waals surface area contributed by atoms with Crippen molar-refractivity contribution in [2.45, 2.75) is 60.9 Å². The summed E-state index contributed by atoms with van der Waals surface area (Å²) in [6.07, 6.45) is -10.2. The van der Waals surface area contributed by atoms with Gasteiger partial charge < -0.3 is 50.7 Å². The minimum Gasteiger partial charge on any atom is -0.394 e. The molecule has 234 valence electrons. The van der Waals surface area contributed by atoms with Crippen LogP contribution in [0, 0.1) is 12.3 Å². The number of aromatic nitrogens is 4. The van der Waals surface area contributed by atoms with Gasteiger partial charge in [-0.2, -0.15) is 4.31 Å². The van der Waals surface area contributed by atoms with E-state index in [9.17, 15) is 39.6 Å². The zero-order valence-corrected chi connectivity index (χ0v) is 23.6. The summed E-state index contributed by atoms with van der Waals surface area (Å²) in [6, 6.07) is 0. The summed E-state index contributed by atoms with van der Waals surface area (Å²) in [5, 5.41) is 59.3. The number of halogens is 1. The number of aliphatic hydroxyl groups is 6. The molecule has 0 aliphatic carbocycles. The first-order valence-corrected chi connectivity index (χ1v) is 15.9. The first kappa shape index (κ1) is 33.1. The van der Waals surface area contributed by atoms with Crippen LogP contribution in [0.15, 0.2) is 12.7 Å². The van der Waals surface area contributed by atoms with Crippen molar-refractivity contribution in [1.82, 2.24) is 19.5 Å². The van der Waals surface area contributed by atoms with Crippen LogP contribution in [0.25, 0.3) is 11.2 Å². The fourth-order valence-corrected chi connectivity index (χ4v) is 7.40. The molecule has 2 aliphatic heterocycles. The molecule has 0 radical (unpaired) electrons. The molecule has 0 aromatic carbocycles. The second-order valence-corrected chi connectivity index (χ2v) is 13.5. The topological polar surface area (TPSA) is 292 Å². The van der Waals surface area contributed by atoms with E-state index in [2.05, 4.69) is 36.0 Å². The normalized spacial score (nSPS) is 37.1. The second kappa shape index (κ2) is 12.3. The van der Waals surface area contributed by atoms with Crippen LogP contribution in [-0.2, 0) is 32.0 Å². The number of phosphoric acid groups is 1. The van der Waals surface area contributed by atoms with Crippen LogP contribution in [0.4, 0.5) is 10.2 Å². The molecule has 0 saturated carbocycles. The lowest BCUT2D eigenvalue weighted by Gasteiger charge is -2.41. The van der Waals surface area contributed by atoms with Gasteiger partial charge in [0, 0.05) is 0 Å². The molecule has 42 heavy (non-hydrogen) atoms. The second-order valence-electron chi connectivity index (χ2n) is 9.08. The van der Waals surface area contributed by atoms with Crippen molar-refractivity contribution in [2.75, 3.05) is 18.9 Å². The number of imidazole rings is 1. The van der Waals surface area contributed by atoms with Crippen LogP contribution >= 0.6 is 26.9 Å². The van der Waals surface area contributed by atoms with E-state index in [1.54, 1.807) is 5.92 Å². The number of hydrogen-bond donors (Lipinski definition) is 9. The van der Waals surface area contributed by atoms with Crippen molar-refractivity contribution in [3.8, 4) is 12.3 Å². The van der Waals surface area contributed by atoms with Crippen LogP contribution in [0.2, 0.25) is 0 Å². The summed E-state index contributed by atoms with van der Waals surface area (Å²) in [6.45, 7) is -6.88. The SMILES string of the molecule is C#C[C@@]1(F)[C@H](O)[C@@H](COP(=O)(S)OP(=O)(O)OC2OC([C@@H](O)CO)C(O)C(O)C2O)O[C@H]1n1cnc2c(N)ncnc21. The molecule has 2 aromatic rings. The van der Waals surface area contributed by atoms with E-state index in [0.29, 0.717) is 0 Å². The molecule has 2 saturated heterocycles. The van der Waals surface area contributed by atoms with E-state index >= 15 is 4.39 Å². The zero-order valence-electron chi connectivity index (χ0n) is 20.9. The van der Waals surface area contributed by atoms with Gasteiger partial charge in [0.2, 0.25) is 5.67 Å². The fourth-order valence-electron chi connectivity index (χ4n) is 4.21. The van der Waals surface area contributed by atoms with Crippen LogP contribution in [0.3, 0.4) is 0 Å². The molecule has 4 heterocycles. The lowest BCUT2D eigenvalue weighted by molar-refractivity contribution is -0.292. The van der Waals surface area contributed by atoms with E-state index in [4.69, 9.17) is 31.3 Å². The highest BCUT2D eigenvalue weighted by atomic mass is 32.7. The zero-order chi connectivity index (χ0) is 31.2. The maximum absolute atomic E-state index is 15.8. The van der Waals surface area contributed by atoms with E-state index in [-0.39, 0.29) is 17.0 Å². The molecule has 0 spiro atoms. The Balaban J connectivity index is 1.44. The third kappa shape index (κ3) is 6.34. The molecule has 2 aliphatic rings. The van der Waals surface area contributed by atoms with Crippen LogP contribution < -0.4 is 5.73 Å². The minimum absolute atomic E-state index is 0.00128. The Morgan fingerprint density at radius 2 is 1.90 bits per heavy atom. The van der Waals surface area contributed by atoms with Crippen LogP contribution in [0.1, 0.15) is 6.23 Å². The number of nitrogens with two attached hydrogens (primary N) is 1. The monoisotopic (exact) mass is 661 g/mol. The van der Waals surface area contributed by atoms with Crippen molar-refractivity contribution < 1.29 is 71.9 Å². The van der Waals surface area contributed by atoms with Gasteiger partial charge in [-0.1, -0.05) is 18.2 Å². The Morgan fingerprint density at radius 3 is 2.55 bits per heavy atom. The number of nitrogen functional groups attached to an aromatic ring is 1. The third-order valence-electron chi connectivity index (χ3n) is 6.32. The number of alkyl halides is 1. The molecule has 0 amide bonds. The summed E-state index contributed by atoms with van der Waals surface area (Å²) in [7, 11) is -5.56. The molecular weight excluding hydrogens is 635 g/mol. The highest BCUT2D eigenvalue weighted by molar-refractivity contribution is 8.45. The molecule has 0 bridgehead atoms. The molecule has 19 nitrogen and oxygen atoms in total. The predicted molar refractivity (Wildman–Crippen MR) is 137 cm³/mol. The average molecular weight is 661 g/mol. The first-order chi connectivity index (χ1) is 19.5. The predicted octanol–water partition coefficient (Wildman–Crippen LogP) is -2.64. The molecule has 4 rings (SSSR count). The van der Waals surface area contributed by atoms with E-state index in [0.717, 1.165) is 17.2 Å². The largest absolute Gasteiger partial charge is 0.482 e. The molecule has 12 atom stereocenters. The highest BCUT2D eigenvalue weighted by Gasteiger charge is 2.58. The minimum atomic E-state index is -5.56. The quantitative estimate of drug-likeness (QED) is 0.0714. The van der Waals surface area contributed by atoms with Crippen LogP contribution in [0.5, 0.6) is 0 Å². The number of ether oxygens (including phenoxy) is 2. The average Bonchev–Trinajstić information content (AvgIpc) is 3.46. The Morgan fingerprint density at radius 1 is 1.21 bits per heavy atom. The molecule has 9 N–H and O–H groups in total. The van der Waals surface area contributed by atoms with Gasteiger partial charge in [0.1, 0.15) is 54.6 Å². The molecule has 23 heteroatoms. The number of thiol groups is 1. The van der Waals surface area contributed by atoms with Gasteiger partial charge in [-0.05, 0) is 0 Å². The number of aliphatic hydroxyl groups excluding tert-OH is 6. The van der Waals surface area contributed by atoms with E-state index < -0.39 is 88.7 Å². The number of fused-ring (bicyclic) bond motifs is 1. The van der Waals surface area contributed by atoms with Gasteiger partial charge >= 0.3 is 14.6 Å². The van der Waals surface area contributed by atoms with Gasteiger partial charge in [-0.3, -0.25) is 13.6 Å². The fraction of sp³-hybridized carbons (Fsp3) is 0.632. The van der Waals surface area contributed by atoms with Gasteiger partial charge in [0.15, 0.2) is 24.0 Å². The number of phosphoric ester groups is 1. The Labute approximate surface area is 240 Å². The summed E-state index contributed by atoms with van der Waals surface area (Å²) in [5.41, 5.74) is 2.88. The van der Waals surface area contributed by atoms with Gasteiger partial charge in [0.05, 0.1) is 19.5 Å². The van der Waals surface area contributed by atoms with E-state index in [1.807, 2.05) is 0 Å². The highest BCUT2D eigenvalue weighted by Crippen LogP contribution is 2.66. The Bertz CT molecular complexity index is 1430. The van der Waals surface area contributed by atoms with Gasteiger partial charge in [-0.25, -0.2) is 28.5 Å². The maximum Gasteiger partial charge on any atom is 0.482 e. The van der Waals surface area contributed by atoms with Crippen molar-refractivity contribution in [3.05, 3.63) is 12.7 Å². The number of nitrogens with zero attached hydrogens (tertiary/aromatic N) is 4. The van der Waals surface area contributed by atoms with Crippen molar-refractivity contribution >= 4 is 43.9 Å². The lowest BCUT2D eigenvalue weighted by Crippen LogP contribution is -2.61. The number of anilines is 1. The first-order valence-electron chi connectivity index (χ1n) is 11.7. The molecule has 2 fully saturated rings. The van der Waals surface area contributed by atoms with Gasteiger partial charge in [0.25, 0.3) is 0 Å². The number of rotatable bonds is 10. The third-order valence-corrected chi connectivity index (χ3v) is 9.93. The summed E-state index contributed by atoms with van der Waals surface area (Å²) >= 11 is 3.54. The van der Waals surface area contributed by atoms with Crippen molar-refractivity contribution in [1.29, 1.82) is 0 Å².